The maximum absolute atomic E-state index is 2.87. The van der Waals surface area contributed by atoms with Crippen molar-refractivity contribution < 1.29 is 0 Å². The fraction of sp³-hybridized carbons (Fsp3) is 1.00. The van der Waals surface area contributed by atoms with E-state index in [4.69, 9.17) is 0 Å². The summed E-state index contributed by atoms with van der Waals surface area (Å²) in [6.07, 6.45) is 9.19. The molecule has 0 aromatic carbocycles. The van der Waals surface area contributed by atoms with Gasteiger partial charge in [-0.2, -0.15) is 0 Å². The summed E-state index contributed by atoms with van der Waals surface area (Å²) < 4.78 is 2.29. The molecule has 0 radical (unpaired) electrons. The Hall–Kier alpha value is 0.799. The Morgan fingerprint density at radius 1 is 0.652 bits per heavy atom. The van der Waals surface area contributed by atoms with Gasteiger partial charge in [-0.25, -0.2) is 0 Å². The molecule has 2 fully saturated rings. The molecule has 0 aromatic heterocycles. The molecule has 0 saturated heterocycles. The van der Waals surface area contributed by atoms with Gasteiger partial charge >= 0.3 is 152 Å². The molecule has 0 bridgehead atoms. The zero-order valence-corrected chi connectivity index (χ0v) is 20.2. The SMILES string of the molecule is CC(C)[C@@H]1CC[C@@H](C)C[C@H]1[Sn]([CH3])([CH3])[C@@H]1C[C@H](C)CC[C@H]1C(C)C. The third kappa shape index (κ3) is 4.50. The summed E-state index contributed by atoms with van der Waals surface area (Å²) in [6, 6.07) is 0. The van der Waals surface area contributed by atoms with Crippen molar-refractivity contribution in [2.75, 3.05) is 0 Å². The van der Waals surface area contributed by atoms with Crippen molar-refractivity contribution >= 4 is 18.4 Å². The molecule has 2 rings (SSSR count). The Bertz CT molecular complexity index is 336. The van der Waals surface area contributed by atoms with E-state index >= 15 is 0 Å². The van der Waals surface area contributed by atoms with E-state index in [0.29, 0.717) is 0 Å². The van der Waals surface area contributed by atoms with Crippen LogP contribution in [-0.2, 0) is 0 Å². The summed E-state index contributed by atoms with van der Waals surface area (Å²) in [5.41, 5.74) is 0. The Labute approximate surface area is 151 Å². The van der Waals surface area contributed by atoms with E-state index in [0.717, 1.165) is 43.4 Å². The average Bonchev–Trinajstić information content (AvgIpc) is 2.46. The summed E-state index contributed by atoms with van der Waals surface area (Å²) >= 11 is -2.13. The summed E-state index contributed by atoms with van der Waals surface area (Å²) in [6.45, 7) is 15.1. The van der Waals surface area contributed by atoms with Crippen LogP contribution < -0.4 is 0 Å². The predicted octanol–water partition coefficient (Wildman–Crippen LogP) is 7.62. The molecule has 2 aliphatic carbocycles. The summed E-state index contributed by atoms with van der Waals surface area (Å²) in [5, 5.41) is 0. The third-order valence-corrected chi connectivity index (χ3v) is 22.7. The minimum atomic E-state index is -2.13. The van der Waals surface area contributed by atoms with Crippen molar-refractivity contribution in [1.82, 2.24) is 0 Å². The first-order valence-corrected chi connectivity index (χ1v) is 19.6. The number of hydrogen-bond acceptors (Lipinski definition) is 0. The van der Waals surface area contributed by atoms with E-state index in [2.05, 4.69) is 51.4 Å². The topological polar surface area (TPSA) is 0 Å². The summed E-state index contributed by atoms with van der Waals surface area (Å²) in [5.74, 6) is 5.88. The van der Waals surface area contributed by atoms with Gasteiger partial charge in [-0.05, 0) is 0 Å². The number of rotatable bonds is 4. The summed E-state index contributed by atoms with van der Waals surface area (Å²) in [4.78, 5) is 5.73. The van der Waals surface area contributed by atoms with Gasteiger partial charge < -0.3 is 0 Å². The number of hydrogen-bond donors (Lipinski definition) is 0. The Balaban J connectivity index is 2.28. The van der Waals surface area contributed by atoms with E-state index in [1.807, 2.05) is 0 Å². The van der Waals surface area contributed by atoms with Crippen LogP contribution in [0.1, 0.15) is 80.1 Å². The quantitative estimate of drug-likeness (QED) is 0.405. The molecular weight excluding hydrogens is 383 g/mol. The van der Waals surface area contributed by atoms with E-state index in [1.165, 1.54) is 25.7 Å². The molecule has 2 saturated carbocycles. The Kier molecular flexibility index (Phi) is 7.00. The molecule has 0 nitrogen and oxygen atoms in total. The van der Waals surface area contributed by atoms with Crippen molar-refractivity contribution in [3.63, 3.8) is 0 Å². The minimum absolute atomic E-state index is 0.905. The first-order chi connectivity index (χ1) is 10.6. The van der Waals surface area contributed by atoms with Gasteiger partial charge in [-0.3, -0.25) is 0 Å². The van der Waals surface area contributed by atoms with E-state index in [1.54, 1.807) is 12.8 Å². The average molecular weight is 427 g/mol. The van der Waals surface area contributed by atoms with Crippen LogP contribution in [0.4, 0.5) is 0 Å². The van der Waals surface area contributed by atoms with E-state index in [-0.39, 0.29) is 0 Å². The molecule has 0 N–H and O–H groups in total. The molecule has 2 aliphatic rings. The van der Waals surface area contributed by atoms with E-state index < -0.39 is 18.4 Å². The van der Waals surface area contributed by atoms with Gasteiger partial charge in [0.1, 0.15) is 0 Å². The van der Waals surface area contributed by atoms with Crippen LogP contribution >= 0.6 is 0 Å². The van der Waals surface area contributed by atoms with Gasteiger partial charge in [-0.1, -0.05) is 0 Å². The first kappa shape index (κ1) is 20.1. The predicted molar refractivity (Wildman–Crippen MR) is 108 cm³/mol. The van der Waals surface area contributed by atoms with Gasteiger partial charge in [-0.15, -0.1) is 0 Å². The molecule has 0 spiro atoms. The molecule has 1 heteroatoms. The molecular formula is C22H44Sn. The van der Waals surface area contributed by atoms with Gasteiger partial charge in [0.15, 0.2) is 0 Å². The van der Waals surface area contributed by atoms with Gasteiger partial charge in [0, 0.05) is 0 Å². The van der Waals surface area contributed by atoms with Crippen LogP contribution in [0.2, 0.25) is 17.7 Å². The van der Waals surface area contributed by atoms with Crippen molar-refractivity contribution in [1.29, 1.82) is 0 Å². The standard InChI is InChI=1S/2C10H19.2CH3.Sn/c2*1-8(2)10-6-4-9(3)5-7-10;;;/h2*6,8-10H,4-5,7H2,1-3H3;2*1H3;/t2*9-,10-;;;/m00.../s1. The fourth-order valence-corrected chi connectivity index (χ4v) is 23.2. The van der Waals surface area contributed by atoms with Crippen LogP contribution in [0.15, 0.2) is 0 Å². The summed E-state index contributed by atoms with van der Waals surface area (Å²) in [7, 11) is 0. The fourth-order valence-electron chi connectivity index (χ4n) is 6.39. The van der Waals surface area contributed by atoms with Crippen LogP contribution in [0, 0.1) is 35.5 Å². The van der Waals surface area contributed by atoms with Crippen LogP contribution in [-0.4, -0.2) is 18.4 Å². The maximum atomic E-state index is 2.87. The molecule has 0 aromatic rings. The molecule has 6 atom stereocenters. The van der Waals surface area contributed by atoms with Crippen LogP contribution in [0.25, 0.3) is 0 Å². The van der Waals surface area contributed by atoms with Crippen molar-refractivity contribution in [2.24, 2.45) is 35.5 Å². The molecule has 136 valence electrons. The van der Waals surface area contributed by atoms with E-state index in [9.17, 15) is 0 Å². The van der Waals surface area contributed by atoms with Crippen molar-refractivity contribution in [2.45, 2.75) is 97.8 Å². The Morgan fingerprint density at radius 3 is 1.30 bits per heavy atom. The second-order valence-corrected chi connectivity index (χ2v) is 25.3. The molecule has 23 heavy (non-hydrogen) atoms. The normalized spacial score (nSPS) is 39.9. The zero-order valence-electron chi connectivity index (χ0n) is 17.4. The van der Waals surface area contributed by atoms with Gasteiger partial charge in [0.05, 0.1) is 0 Å². The van der Waals surface area contributed by atoms with Gasteiger partial charge in [0.2, 0.25) is 0 Å². The molecule has 0 aliphatic heterocycles. The van der Waals surface area contributed by atoms with Crippen LogP contribution in [0.5, 0.6) is 0 Å². The van der Waals surface area contributed by atoms with Gasteiger partial charge in [0.25, 0.3) is 0 Å². The second kappa shape index (κ2) is 8.00. The molecule has 0 unspecified atom stereocenters. The van der Waals surface area contributed by atoms with Crippen molar-refractivity contribution in [3.05, 3.63) is 0 Å². The third-order valence-electron chi connectivity index (χ3n) is 7.96. The molecule has 0 heterocycles. The Morgan fingerprint density at radius 2 is 1.00 bits per heavy atom. The van der Waals surface area contributed by atoms with Crippen LogP contribution in [0.3, 0.4) is 0 Å². The van der Waals surface area contributed by atoms with Crippen molar-refractivity contribution in [3.8, 4) is 0 Å². The second-order valence-electron chi connectivity index (χ2n) is 10.7. The monoisotopic (exact) mass is 428 g/mol. The molecule has 0 amide bonds. The zero-order chi connectivity index (χ0) is 17.4. The first-order valence-electron chi connectivity index (χ1n) is 10.6.